The Morgan fingerprint density at radius 1 is 1.33 bits per heavy atom. The van der Waals surface area contributed by atoms with E-state index >= 15 is 0 Å². The van der Waals surface area contributed by atoms with Crippen LogP contribution in [0, 0.1) is 0 Å². The third-order valence-electron chi connectivity index (χ3n) is 2.01. The molecule has 4 nitrogen and oxygen atoms in total. The van der Waals surface area contributed by atoms with Crippen LogP contribution in [0.4, 0.5) is 0 Å². The first-order chi connectivity index (χ1) is 7.33. The number of methoxy groups -OCH3 is 1. The molecule has 0 spiro atoms. The number of nitrogens with zero attached hydrogens (tertiary/aromatic N) is 1. The van der Waals surface area contributed by atoms with Crippen molar-refractivity contribution >= 4 is 5.97 Å². The molecule has 0 amide bonds. The lowest BCUT2D eigenvalue weighted by Gasteiger charge is -1.98. The van der Waals surface area contributed by atoms with Gasteiger partial charge in [-0.05, 0) is 0 Å². The molecule has 0 saturated carbocycles. The molecule has 15 heavy (non-hydrogen) atoms. The van der Waals surface area contributed by atoms with Crippen molar-refractivity contribution in [2.45, 2.75) is 0 Å². The maximum atomic E-state index is 11.3. The molecule has 1 aromatic heterocycles. The summed E-state index contributed by atoms with van der Waals surface area (Å²) < 4.78 is 9.64. The monoisotopic (exact) mass is 203 g/mol. The van der Waals surface area contributed by atoms with Crippen LogP contribution in [0.3, 0.4) is 0 Å². The van der Waals surface area contributed by atoms with Crippen LogP contribution in [0.5, 0.6) is 0 Å². The van der Waals surface area contributed by atoms with Gasteiger partial charge in [-0.15, -0.1) is 0 Å². The number of carbonyl (C=O) groups is 1. The third kappa shape index (κ3) is 1.74. The van der Waals surface area contributed by atoms with E-state index < -0.39 is 5.97 Å². The molecule has 2 aromatic rings. The van der Waals surface area contributed by atoms with Crippen LogP contribution in [0.25, 0.3) is 11.3 Å². The van der Waals surface area contributed by atoms with E-state index in [1.165, 1.54) is 13.3 Å². The van der Waals surface area contributed by atoms with E-state index in [4.69, 9.17) is 4.52 Å². The number of hydrogen-bond acceptors (Lipinski definition) is 4. The van der Waals surface area contributed by atoms with Gasteiger partial charge in [-0.25, -0.2) is 4.79 Å². The molecule has 0 atom stereocenters. The standard InChI is InChI=1S/C11H9NO3/c1-14-11(13)9-7-12-15-10(9)8-5-3-2-4-6-8/h2-7H,1H3. The molecule has 0 aliphatic heterocycles. The van der Waals surface area contributed by atoms with Gasteiger partial charge in [0.2, 0.25) is 0 Å². The van der Waals surface area contributed by atoms with Gasteiger partial charge in [-0.3, -0.25) is 0 Å². The summed E-state index contributed by atoms with van der Waals surface area (Å²) in [6.45, 7) is 0. The summed E-state index contributed by atoms with van der Waals surface area (Å²) in [5.74, 6) is -0.0162. The molecule has 0 N–H and O–H groups in total. The van der Waals surface area contributed by atoms with Crippen molar-refractivity contribution in [3.8, 4) is 11.3 Å². The Kier molecular flexibility index (Phi) is 2.49. The number of aromatic nitrogens is 1. The fourth-order valence-electron chi connectivity index (χ4n) is 1.29. The molecule has 0 aliphatic rings. The van der Waals surface area contributed by atoms with Crippen LogP contribution in [-0.2, 0) is 4.74 Å². The minimum Gasteiger partial charge on any atom is -0.465 e. The smallest absolute Gasteiger partial charge is 0.343 e. The molecule has 4 heteroatoms. The molecule has 0 radical (unpaired) electrons. The molecule has 0 bridgehead atoms. The Bertz CT molecular complexity index is 462. The minimum absolute atomic E-state index is 0.337. The van der Waals surface area contributed by atoms with Gasteiger partial charge in [0.25, 0.3) is 0 Å². The quantitative estimate of drug-likeness (QED) is 0.701. The van der Waals surface area contributed by atoms with Crippen LogP contribution < -0.4 is 0 Å². The highest BCUT2D eigenvalue weighted by atomic mass is 16.5. The van der Waals surface area contributed by atoms with E-state index in [0.29, 0.717) is 11.3 Å². The van der Waals surface area contributed by atoms with Crippen molar-refractivity contribution in [2.24, 2.45) is 0 Å². The maximum Gasteiger partial charge on any atom is 0.343 e. The van der Waals surface area contributed by atoms with Gasteiger partial charge in [0, 0.05) is 5.56 Å². The molecule has 1 aromatic carbocycles. The molecule has 0 unspecified atom stereocenters. The summed E-state index contributed by atoms with van der Waals surface area (Å²) in [6, 6.07) is 9.29. The lowest BCUT2D eigenvalue weighted by atomic mass is 10.1. The van der Waals surface area contributed by atoms with E-state index in [0.717, 1.165) is 5.56 Å². The average Bonchev–Trinajstić information content (AvgIpc) is 2.78. The lowest BCUT2D eigenvalue weighted by Crippen LogP contribution is -2.00. The zero-order valence-corrected chi connectivity index (χ0v) is 8.14. The first kappa shape index (κ1) is 9.45. The summed E-state index contributed by atoms with van der Waals surface area (Å²) in [7, 11) is 1.32. The van der Waals surface area contributed by atoms with Crippen molar-refractivity contribution in [1.82, 2.24) is 5.16 Å². The Labute approximate surface area is 86.5 Å². The highest BCUT2D eigenvalue weighted by Crippen LogP contribution is 2.23. The Morgan fingerprint density at radius 3 is 2.73 bits per heavy atom. The molecule has 0 saturated heterocycles. The summed E-state index contributed by atoms with van der Waals surface area (Å²) in [6.07, 6.45) is 1.36. The maximum absolute atomic E-state index is 11.3. The first-order valence-electron chi connectivity index (χ1n) is 4.41. The Hall–Kier alpha value is -2.10. The number of rotatable bonds is 2. The molecule has 1 heterocycles. The van der Waals surface area contributed by atoms with Gasteiger partial charge in [0.1, 0.15) is 5.56 Å². The second kappa shape index (κ2) is 3.96. The zero-order chi connectivity index (χ0) is 10.7. The lowest BCUT2D eigenvalue weighted by molar-refractivity contribution is 0.0601. The van der Waals surface area contributed by atoms with Crippen molar-refractivity contribution < 1.29 is 14.1 Å². The highest BCUT2D eigenvalue weighted by Gasteiger charge is 2.17. The summed E-state index contributed by atoms with van der Waals surface area (Å²) in [4.78, 5) is 11.3. The van der Waals surface area contributed by atoms with Gasteiger partial charge < -0.3 is 9.26 Å². The van der Waals surface area contributed by atoms with Gasteiger partial charge >= 0.3 is 5.97 Å². The second-order valence-corrected chi connectivity index (χ2v) is 2.93. The fourth-order valence-corrected chi connectivity index (χ4v) is 1.29. The number of ether oxygens (including phenoxy) is 1. The van der Waals surface area contributed by atoms with Crippen molar-refractivity contribution in [1.29, 1.82) is 0 Å². The topological polar surface area (TPSA) is 52.3 Å². The average molecular weight is 203 g/mol. The van der Waals surface area contributed by atoms with E-state index in [1.807, 2.05) is 30.3 Å². The third-order valence-corrected chi connectivity index (χ3v) is 2.01. The van der Waals surface area contributed by atoms with E-state index in [1.54, 1.807) is 0 Å². The number of benzene rings is 1. The van der Waals surface area contributed by atoms with Crippen LogP contribution in [0.15, 0.2) is 41.1 Å². The van der Waals surface area contributed by atoms with Gasteiger partial charge in [0.15, 0.2) is 5.76 Å². The van der Waals surface area contributed by atoms with E-state index in [9.17, 15) is 4.79 Å². The zero-order valence-electron chi connectivity index (χ0n) is 8.14. The van der Waals surface area contributed by atoms with Crippen molar-refractivity contribution in [2.75, 3.05) is 7.11 Å². The highest BCUT2D eigenvalue weighted by molar-refractivity contribution is 5.95. The molecular formula is C11H9NO3. The summed E-state index contributed by atoms with van der Waals surface area (Å²) in [5, 5.41) is 3.59. The summed E-state index contributed by atoms with van der Waals surface area (Å²) in [5.41, 5.74) is 1.14. The van der Waals surface area contributed by atoms with Crippen molar-refractivity contribution in [3.05, 3.63) is 42.1 Å². The molecule has 0 aliphatic carbocycles. The predicted molar refractivity (Wildman–Crippen MR) is 53.3 cm³/mol. The first-order valence-corrected chi connectivity index (χ1v) is 4.41. The normalized spacial score (nSPS) is 9.93. The van der Waals surface area contributed by atoms with Crippen LogP contribution >= 0.6 is 0 Å². The summed E-state index contributed by atoms with van der Waals surface area (Å²) >= 11 is 0. The molecule has 2 rings (SSSR count). The van der Waals surface area contributed by atoms with Crippen molar-refractivity contribution in [3.63, 3.8) is 0 Å². The predicted octanol–water partition coefficient (Wildman–Crippen LogP) is 2.13. The fraction of sp³-hybridized carbons (Fsp3) is 0.0909. The molecular weight excluding hydrogens is 194 g/mol. The van der Waals surface area contributed by atoms with Crippen LogP contribution in [-0.4, -0.2) is 18.2 Å². The number of esters is 1. The van der Waals surface area contributed by atoms with Gasteiger partial charge in [0.05, 0.1) is 13.3 Å². The van der Waals surface area contributed by atoms with Gasteiger partial charge in [-0.1, -0.05) is 35.5 Å². The largest absolute Gasteiger partial charge is 0.465 e. The van der Waals surface area contributed by atoms with Crippen LogP contribution in [0.2, 0.25) is 0 Å². The SMILES string of the molecule is COC(=O)c1cnoc1-c1ccccc1. The van der Waals surface area contributed by atoms with Crippen LogP contribution in [0.1, 0.15) is 10.4 Å². The number of carbonyl (C=O) groups excluding carboxylic acids is 1. The van der Waals surface area contributed by atoms with E-state index in [2.05, 4.69) is 9.89 Å². The Balaban J connectivity index is 2.46. The Morgan fingerprint density at radius 2 is 2.07 bits per heavy atom. The number of hydrogen-bond donors (Lipinski definition) is 0. The minimum atomic E-state index is -0.449. The van der Waals surface area contributed by atoms with Gasteiger partial charge in [-0.2, -0.15) is 0 Å². The van der Waals surface area contributed by atoms with E-state index in [-0.39, 0.29) is 0 Å². The molecule has 0 fully saturated rings. The second-order valence-electron chi connectivity index (χ2n) is 2.93. The molecule has 76 valence electrons.